The van der Waals surface area contributed by atoms with Gasteiger partial charge in [0.15, 0.2) is 17.3 Å². The molecule has 0 bridgehead atoms. The van der Waals surface area contributed by atoms with Gasteiger partial charge >= 0.3 is 0 Å². The van der Waals surface area contributed by atoms with Gasteiger partial charge in [-0.25, -0.2) is 4.68 Å². The van der Waals surface area contributed by atoms with Gasteiger partial charge in [0, 0.05) is 17.7 Å². The van der Waals surface area contributed by atoms with Crippen LogP contribution in [-0.4, -0.2) is 34.8 Å². The number of ether oxygens (including phenoxy) is 2. The molecule has 0 unspecified atom stereocenters. The number of fused-ring (bicyclic) bond motifs is 1. The summed E-state index contributed by atoms with van der Waals surface area (Å²) in [5.41, 5.74) is 4.96. The Morgan fingerprint density at radius 2 is 1.74 bits per heavy atom. The van der Waals surface area contributed by atoms with E-state index in [-0.39, 0.29) is 17.7 Å². The highest BCUT2D eigenvalue weighted by atomic mass is 16.5. The van der Waals surface area contributed by atoms with Crippen LogP contribution in [0.25, 0.3) is 0 Å². The Hall–Kier alpha value is -3.61. The number of hydrogen-bond acceptors (Lipinski definition) is 6. The maximum absolute atomic E-state index is 13.5. The van der Waals surface area contributed by atoms with Crippen molar-refractivity contribution in [3.8, 4) is 11.5 Å². The van der Waals surface area contributed by atoms with Gasteiger partial charge in [-0.3, -0.25) is 4.79 Å². The first kappa shape index (κ1) is 19.4. The molecule has 31 heavy (non-hydrogen) atoms. The van der Waals surface area contributed by atoms with E-state index in [2.05, 4.69) is 46.6 Å². The zero-order valence-electron chi connectivity index (χ0n) is 17.8. The molecule has 2 aliphatic rings. The van der Waals surface area contributed by atoms with E-state index in [0.29, 0.717) is 30.3 Å². The van der Waals surface area contributed by atoms with Crippen LogP contribution in [0.3, 0.4) is 0 Å². The number of allylic oxidation sites excluding steroid dienone is 2. The molecular weight excluding hydrogens is 392 g/mol. The summed E-state index contributed by atoms with van der Waals surface area (Å²) < 4.78 is 12.6. The highest BCUT2D eigenvalue weighted by molar-refractivity contribution is 6.00. The number of hydrogen-bond donors (Lipinski definition) is 1. The van der Waals surface area contributed by atoms with E-state index in [0.717, 1.165) is 22.4 Å². The lowest BCUT2D eigenvalue weighted by atomic mass is 9.78. The van der Waals surface area contributed by atoms with Crippen molar-refractivity contribution in [2.75, 3.05) is 19.5 Å². The maximum Gasteiger partial charge on any atom is 0.226 e. The molecule has 2 atom stereocenters. The summed E-state index contributed by atoms with van der Waals surface area (Å²) in [4.78, 5) is 17.8. The number of methoxy groups -OCH3 is 2. The number of anilines is 1. The van der Waals surface area contributed by atoms with Crippen LogP contribution in [-0.2, 0) is 4.79 Å². The van der Waals surface area contributed by atoms with E-state index in [1.165, 1.54) is 11.9 Å². The first-order chi connectivity index (χ1) is 15.1. The first-order valence-corrected chi connectivity index (χ1v) is 10.3. The molecule has 0 fully saturated rings. The topological polar surface area (TPSA) is 78.3 Å². The lowest BCUT2D eigenvalue weighted by Gasteiger charge is -2.35. The smallest absolute Gasteiger partial charge is 0.226 e. The minimum Gasteiger partial charge on any atom is -0.493 e. The monoisotopic (exact) mass is 416 g/mol. The quantitative estimate of drug-likeness (QED) is 0.692. The van der Waals surface area contributed by atoms with Gasteiger partial charge in [-0.1, -0.05) is 35.9 Å². The van der Waals surface area contributed by atoms with E-state index >= 15 is 0 Å². The summed E-state index contributed by atoms with van der Waals surface area (Å²) in [5.74, 6) is 2.18. The number of rotatable bonds is 4. The third kappa shape index (κ3) is 3.26. The molecule has 1 aromatic heterocycles. The number of aryl methyl sites for hydroxylation is 1. The van der Waals surface area contributed by atoms with E-state index in [1.807, 2.05) is 18.2 Å². The minimum atomic E-state index is -0.270. The summed E-state index contributed by atoms with van der Waals surface area (Å²) in [5, 5.41) is 7.77. The van der Waals surface area contributed by atoms with Crippen LogP contribution in [0.1, 0.15) is 41.5 Å². The van der Waals surface area contributed by atoms with Crippen molar-refractivity contribution in [2.24, 2.45) is 0 Å². The highest BCUT2D eigenvalue weighted by Gasteiger charge is 2.39. The molecule has 0 amide bonds. The molecule has 0 radical (unpaired) electrons. The molecule has 2 aromatic carbocycles. The zero-order chi connectivity index (χ0) is 21.5. The number of nitrogens with zero attached hydrogens (tertiary/aromatic N) is 3. The van der Waals surface area contributed by atoms with Crippen molar-refractivity contribution in [1.82, 2.24) is 14.8 Å². The third-order valence-electron chi connectivity index (χ3n) is 6.13. The van der Waals surface area contributed by atoms with Crippen molar-refractivity contribution in [3.63, 3.8) is 0 Å². The summed E-state index contributed by atoms with van der Waals surface area (Å²) in [6.07, 6.45) is 2.67. The van der Waals surface area contributed by atoms with Crippen LogP contribution in [0.15, 0.2) is 60.1 Å². The number of Topliss-reactive ketones (excluding diaryl/α,β-unsaturated/α-hetero) is 1. The normalized spacial score (nSPS) is 20.0. The van der Waals surface area contributed by atoms with E-state index in [1.54, 1.807) is 18.9 Å². The van der Waals surface area contributed by atoms with Gasteiger partial charge in [0.25, 0.3) is 0 Å². The van der Waals surface area contributed by atoms with Crippen LogP contribution < -0.4 is 14.8 Å². The Kier molecular flexibility index (Phi) is 4.73. The zero-order valence-corrected chi connectivity index (χ0v) is 17.8. The number of carbonyl (C=O) groups excluding carboxylic acids is 1. The highest BCUT2D eigenvalue weighted by Crippen LogP contribution is 2.44. The fraction of sp³-hybridized carbons (Fsp3) is 0.292. The van der Waals surface area contributed by atoms with Crippen molar-refractivity contribution >= 4 is 11.7 Å². The van der Waals surface area contributed by atoms with Crippen molar-refractivity contribution in [1.29, 1.82) is 0 Å². The number of nitrogens with one attached hydrogen (secondary N) is 1. The Balaban J connectivity index is 1.55. The Bertz CT molecular complexity index is 1180. The molecule has 7 nitrogen and oxygen atoms in total. The number of ketones is 1. The van der Waals surface area contributed by atoms with Crippen molar-refractivity contribution in [2.45, 2.75) is 31.7 Å². The molecule has 1 aliphatic heterocycles. The SMILES string of the molecule is COc1ccc([C@@H]2CC(=O)C3=C(C2)Nc2ncnn2[C@H]3c2ccc(C)cc2)cc1OC. The maximum atomic E-state index is 13.5. The molecule has 0 saturated carbocycles. The standard InChI is InChI=1S/C24H24N4O3/c1-14-4-6-15(7-5-14)23-22-18(27-24-25-13-26-28(23)24)10-17(11-19(22)29)16-8-9-20(30-2)21(12-16)31-3/h4-9,12-13,17,23H,10-11H2,1-3H3,(H,25,26,27)/t17-,23-/m0/s1. The fourth-order valence-corrected chi connectivity index (χ4v) is 4.55. The largest absolute Gasteiger partial charge is 0.493 e. The molecule has 2 heterocycles. The van der Waals surface area contributed by atoms with Crippen LogP contribution >= 0.6 is 0 Å². The molecule has 5 rings (SSSR count). The predicted molar refractivity (Wildman–Crippen MR) is 117 cm³/mol. The van der Waals surface area contributed by atoms with Gasteiger partial charge in [0.2, 0.25) is 5.95 Å². The number of carbonyl (C=O) groups is 1. The van der Waals surface area contributed by atoms with E-state index in [9.17, 15) is 4.79 Å². The molecular formula is C24H24N4O3. The van der Waals surface area contributed by atoms with Gasteiger partial charge in [-0.05, 0) is 42.5 Å². The first-order valence-electron chi connectivity index (χ1n) is 10.3. The molecule has 1 N–H and O–H groups in total. The molecule has 158 valence electrons. The summed E-state index contributed by atoms with van der Waals surface area (Å²) in [6, 6.07) is 13.8. The molecule has 0 saturated heterocycles. The predicted octanol–water partition coefficient (Wildman–Crippen LogP) is 4.02. The Morgan fingerprint density at radius 1 is 1.00 bits per heavy atom. The number of aromatic nitrogens is 3. The summed E-state index contributed by atoms with van der Waals surface area (Å²) in [7, 11) is 3.24. The van der Waals surface area contributed by atoms with Gasteiger partial charge in [-0.15, -0.1) is 0 Å². The fourth-order valence-electron chi connectivity index (χ4n) is 4.55. The average molecular weight is 416 g/mol. The lowest BCUT2D eigenvalue weighted by Crippen LogP contribution is -2.33. The van der Waals surface area contributed by atoms with Gasteiger partial charge in [0.05, 0.1) is 14.2 Å². The van der Waals surface area contributed by atoms with Crippen molar-refractivity contribution < 1.29 is 14.3 Å². The van der Waals surface area contributed by atoms with Gasteiger partial charge in [-0.2, -0.15) is 10.1 Å². The van der Waals surface area contributed by atoms with Crippen LogP contribution in [0.4, 0.5) is 5.95 Å². The second-order valence-corrected chi connectivity index (χ2v) is 8.00. The second-order valence-electron chi connectivity index (χ2n) is 8.00. The van der Waals surface area contributed by atoms with Crippen LogP contribution in [0.5, 0.6) is 11.5 Å². The second kappa shape index (κ2) is 7.58. The van der Waals surface area contributed by atoms with Gasteiger partial charge < -0.3 is 14.8 Å². The van der Waals surface area contributed by atoms with Gasteiger partial charge in [0.1, 0.15) is 12.4 Å². The Morgan fingerprint density at radius 3 is 2.48 bits per heavy atom. The molecule has 3 aromatic rings. The van der Waals surface area contributed by atoms with Crippen molar-refractivity contribution in [3.05, 3.63) is 76.8 Å². The summed E-state index contributed by atoms with van der Waals surface area (Å²) in [6.45, 7) is 2.05. The number of benzene rings is 2. The lowest BCUT2D eigenvalue weighted by molar-refractivity contribution is -0.116. The molecule has 1 aliphatic carbocycles. The minimum absolute atomic E-state index is 0.0479. The van der Waals surface area contributed by atoms with E-state index in [4.69, 9.17) is 9.47 Å². The van der Waals surface area contributed by atoms with E-state index < -0.39 is 0 Å². The third-order valence-corrected chi connectivity index (χ3v) is 6.13. The molecule has 7 heteroatoms. The van der Waals surface area contributed by atoms with Crippen LogP contribution in [0.2, 0.25) is 0 Å². The average Bonchev–Trinajstić information content (AvgIpc) is 3.26. The van der Waals surface area contributed by atoms with Crippen LogP contribution in [0, 0.1) is 6.92 Å². The summed E-state index contributed by atoms with van der Waals surface area (Å²) >= 11 is 0. The molecule has 0 spiro atoms. The Labute approximate surface area is 180 Å².